The molecular weight excluding hydrogens is 276 g/mol. The highest BCUT2D eigenvalue weighted by molar-refractivity contribution is 6.74. The molecule has 0 radical (unpaired) electrons. The number of carbonyl (C=O) groups is 1. The Labute approximate surface area is 131 Å². The van der Waals surface area contributed by atoms with E-state index in [1.165, 1.54) is 25.7 Å². The lowest BCUT2D eigenvalue weighted by Crippen LogP contribution is -2.42. The molecule has 0 bridgehead atoms. The van der Waals surface area contributed by atoms with Crippen LogP contribution in [0, 0.1) is 11.8 Å². The molecule has 0 saturated heterocycles. The third-order valence-corrected chi connectivity index (χ3v) is 9.59. The van der Waals surface area contributed by atoms with E-state index in [4.69, 9.17) is 4.43 Å². The largest absolute Gasteiger partial charge is 0.417 e. The average Bonchev–Trinajstić information content (AvgIpc) is 2.41. The molecule has 0 spiro atoms. The van der Waals surface area contributed by atoms with Gasteiger partial charge in [0, 0.05) is 6.61 Å². The quantitative estimate of drug-likeness (QED) is 0.294. The number of hydrogen-bond donors (Lipinski definition) is 0. The molecule has 3 heteroatoms. The van der Waals surface area contributed by atoms with E-state index in [-0.39, 0.29) is 5.04 Å². The summed E-state index contributed by atoms with van der Waals surface area (Å²) >= 11 is 0. The molecule has 0 aromatic rings. The van der Waals surface area contributed by atoms with Gasteiger partial charge in [-0.25, -0.2) is 0 Å². The molecule has 2 atom stereocenters. The molecule has 1 saturated carbocycles. The van der Waals surface area contributed by atoms with E-state index < -0.39 is 8.32 Å². The summed E-state index contributed by atoms with van der Waals surface area (Å²) in [6, 6.07) is 0. The summed E-state index contributed by atoms with van der Waals surface area (Å²) in [5.74, 6) is 1.23. The Morgan fingerprint density at radius 3 is 2.38 bits per heavy atom. The zero-order valence-electron chi connectivity index (χ0n) is 14.4. The minimum absolute atomic E-state index is 0.277. The van der Waals surface area contributed by atoms with E-state index in [0.717, 1.165) is 12.9 Å². The van der Waals surface area contributed by atoms with Crippen molar-refractivity contribution in [1.29, 1.82) is 0 Å². The van der Waals surface area contributed by atoms with Crippen molar-refractivity contribution in [3.05, 3.63) is 24.3 Å². The van der Waals surface area contributed by atoms with E-state index in [0.29, 0.717) is 11.8 Å². The summed E-state index contributed by atoms with van der Waals surface area (Å²) in [5.41, 5.74) is 0. The minimum atomic E-state index is -1.65. The Balaban J connectivity index is 2.60. The fourth-order valence-electron chi connectivity index (χ4n) is 2.54. The summed E-state index contributed by atoms with van der Waals surface area (Å²) in [5, 5.41) is 0.277. The van der Waals surface area contributed by atoms with Crippen molar-refractivity contribution >= 4 is 14.6 Å². The maximum Gasteiger partial charge on any atom is 0.191 e. The summed E-state index contributed by atoms with van der Waals surface area (Å²) < 4.78 is 6.42. The summed E-state index contributed by atoms with van der Waals surface area (Å²) in [6.07, 6.45) is 13.6. The van der Waals surface area contributed by atoms with Crippen LogP contribution in [0.5, 0.6) is 0 Å². The summed E-state index contributed by atoms with van der Waals surface area (Å²) in [7, 11) is -1.65. The van der Waals surface area contributed by atoms with Gasteiger partial charge in [-0.3, -0.25) is 4.79 Å². The van der Waals surface area contributed by atoms with Gasteiger partial charge in [-0.2, -0.15) is 0 Å². The second-order valence-electron chi connectivity index (χ2n) is 7.69. The maximum atomic E-state index is 10.3. The first-order chi connectivity index (χ1) is 9.78. The summed E-state index contributed by atoms with van der Waals surface area (Å²) in [4.78, 5) is 10.3. The van der Waals surface area contributed by atoms with E-state index in [1.807, 2.05) is 12.2 Å². The smallest absolute Gasteiger partial charge is 0.191 e. The lowest BCUT2D eigenvalue weighted by atomic mass is 9.79. The first kappa shape index (κ1) is 18.4. The Morgan fingerprint density at radius 2 is 1.76 bits per heavy atom. The highest BCUT2D eigenvalue weighted by Gasteiger charge is 2.38. The molecule has 1 aliphatic rings. The Hall–Kier alpha value is -0.673. The second kappa shape index (κ2) is 8.09. The topological polar surface area (TPSA) is 26.3 Å². The molecule has 1 fully saturated rings. The fourth-order valence-corrected chi connectivity index (χ4v) is 3.61. The molecule has 0 aromatic carbocycles. The van der Waals surface area contributed by atoms with Crippen LogP contribution in [-0.4, -0.2) is 21.2 Å². The van der Waals surface area contributed by atoms with Gasteiger partial charge in [0.1, 0.15) is 6.29 Å². The van der Waals surface area contributed by atoms with E-state index in [1.54, 1.807) is 6.08 Å². The van der Waals surface area contributed by atoms with Gasteiger partial charge in [-0.1, -0.05) is 51.8 Å². The molecule has 0 amide bonds. The van der Waals surface area contributed by atoms with Crippen molar-refractivity contribution in [2.45, 2.75) is 64.6 Å². The van der Waals surface area contributed by atoms with Crippen molar-refractivity contribution in [2.75, 3.05) is 6.61 Å². The second-order valence-corrected chi connectivity index (χ2v) is 12.5. The van der Waals surface area contributed by atoms with E-state index in [2.05, 4.69) is 39.9 Å². The number of allylic oxidation sites excluding steroid dienone is 4. The van der Waals surface area contributed by atoms with Crippen LogP contribution in [0.15, 0.2) is 24.3 Å². The monoisotopic (exact) mass is 308 g/mol. The molecule has 0 unspecified atom stereocenters. The lowest BCUT2D eigenvalue weighted by Gasteiger charge is -2.39. The van der Waals surface area contributed by atoms with Crippen LogP contribution in [0.1, 0.15) is 46.5 Å². The van der Waals surface area contributed by atoms with Gasteiger partial charge in [0.25, 0.3) is 0 Å². The molecule has 1 rings (SSSR count). The molecule has 1 aliphatic carbocycles. The van der Waals surface area contributed by atoms with Crippen LogP contribution < -0.4 is 0 Å². The number of rotatable bonds is 6. The predicted molar refractivity (Wildman–Crippen MR) is 92.9 cm³/mol. The highest BCUT2D eigenvalue weighted by Crippen LogP contribution is 2.38. The first-order valence-corrected chi connectivity index (χ1v) is 11.1. The van der Waals surface area contributed by atoms with Crippen LogP contribution in [-0.2, 0) is 9.22 Å². The number of hydrogen-bond acceptors (Lipinski definition) is 2. The Kier molecular flexibility index (Phi) is 7.08. The van der Waals surface area contributed by atoms with Crippen LogP contribution in [0.4, 0.5) is 0 Å². The van der Waals surface area contributed by atoms with Crippen molar-refractivity contribution in [3.8, 4) is 0 Å². The van der Waals surface area contributed by atoms with Crippen molar-refractivity contribution < 1.29 is 9.22 Å². The highest BCUT2D eigenvalue weighted by atomic mass is 28.4. The molecule has 0 heterocycles. The molecular formula is C18H32O2Si. The third kappa shape index (κ3) is 5.91. The predicted octanol–water partition coefficient (Wildman–Crippen LogP) is 5.13. The standard InChI is InChI=1S/C18H32O2Si/c1-18(2,3)21(4,5)20-15-17-13-9-8-12-16(17)11-7-6-10-14-19/h6-7,10-11,14,16-17H,8-9,12-13,15H2,1-5H3/t16-,17-/m0/s1. The van der Waals surface area contributed by atoms with Crippen LogP contribution >= 0.6 is 0 Å². The molecule has 120 valence electrons. The van der Waals surface area contributed by atoms with Gasteiger partial charge < -0.3 is 4.43 Å². The molecule has 0 aromatic heterocycles. The lowest BCUT2D eigenvalue weighted by molar-refractivity contribution is -0.104. The van der Waals surface area contributed by atoms with Crippen LogP contribution in [0.3, 0.4) is 0 Å². The van der Waals surface area contributed by atoms with Crippen LogP contribution in [0.25, 0.3) is 0 Å². The van der Waals surface area contributed by atoms with Crippen molar-refractivity contribution in [3.63, 3.8) is 0 Å². The number of aldehydes is 1. The van der Waals surface area contributed by atoms with Gasteiger partial charge in [-0.15, -0.1) is 0 Å². The fraction of sp³-hybridized carbons (Fsp3) is 0.722. The normalized spacial score (nSPS) is 24.8. The number of carbonyl (C=O) groups excluding carboxylic acids is 1. The Bertz CT molecular complexity index is 377. The Morgan fingerprint density at radius 1 is 1.10 bits per heavy atom. The molecule has 0 N–H and O–H groups in total. The maximum absolute atomic E-state index is 10.3. The van der Waals surface area contributed by atoms with Gasteiger partial charge in [0.05, 0.1) is 0 Å². The zero-order chi connectivity index (χ0) is 15.9. The summed E-state index contributed by atoms with van der Waals surface area (Å²) in [6.45, 7) is 12.4. The van der Waals surface area contributed by atoms with Crippen LogP contribution in [0.2, 0.25) is 18.1 Å². The van der Waals surface area contributed by atoms with E-state index >= 15 is 0 Å². The molecule has 21 heavy (non-hydrogen) atoms. The molecule has 0 aliphatic heterocycles. The average molecular weight is 309 g/mol. The minimum Gasteiger partial charge on any atom is -0.417 e. The van der Waals surface area contributed by atoms with E-state index in [9.17, 15) is 4.79 Å². The van der Waals surface area contributed by atoms with Gasteiger partial charge >= 0.3 is 0 Å². The van der Waals surface area contributed by atoms with Gasteiger partial charge in [0.15, 0.2) is 8.32 Å². The molecule has 2 nitrogen and oxygen atoms in total. The van der Waals surface area contributed by atoms with Crippen molar-refractivity contribution in [2.24, 2.45) is 11.8 Å². The van der Waals surface area contributed by atoms with Gasteiger partial charge in [-0.05, 0) is 48.9 Å². The van der Waals surface area contributed by atoms with Gasteiger partial charge in [0.2, 0.25) is 0 Å². The first-order valence-electron chi connectivity index (χ1n) is 8.20. The zero-order valence-corrected chi connectivity index (χ0v) is 15.4. The van der Waals surface area contributed by atoms with Crippen molar-refractivity contribution in [1.82, 2.24) is 0 Å². The third-order valence-electron chi connectivity index (χ3n) is 5.09. The SMILES string of the molecule is CC(C)(C)[Si](C)(C)OC[C@@H]1CCCC[C@@H]1C=CC=CC=O.